The first kappa shape index (κ1) is 23.1. The smallest absolute Gasteiger partial charge is 0.259 e. The fourth-order valence-corrected chi connectivity index (χ4v) is 4.09. The number of aromatic nitrogens is 5. The normalized spacial score (nSPS) is 15.0. The van der Waals surface area contributed by atoms with Gasteiger partial charge in [0.15, 0.2) is 5.76 Å². The second-order valence-corrected chi connectivity index (χ2v) is 8.48. The highest BCUT2D eigenvalue weighted by atomic mass is 16.5. The van der Waals surface area contributed by atoms with Crippen LogP contribution in [0.25, 0.3) is 17.4 Å². The van der Waals surface area contributed by atoms with Gasteiger partial charge in [0, 0.05) is 39.3 Å². The van der Waals surface area contributed by atoms with Crippen LogP contribution in [0.3, 0.4) is 0 Å². The third-order valence-electron chi connectivity index (χ3n) is 6.18. The lowest BCUT2D eigenvalue weighted by molar-refractivity contribution is 0.121. The van der Waals surface area contributed by atoms with E-state index in [-0.39, 0.29) is 5.95 Å². The Kier molecular flexibility index (Phi) is 7.05. The van der Waals surface area contributed by atoms with Gasteiger partial charge in [-0.3, -0.25) is 4.90 Å². The van der Waals surface area contributed by atoms with Gasteiger partial charge in [-0.1, -0.05) is 19.1 Å². The molecular weight excluding hydrogens is 446 g/mol. The first-order valence-corrected chi connectivity index (χ1v) is 12.0. The highest BCUT2D eigenvalue weighted by molar-refractivity contribution is 5.52. The Bertz CT molecular complexity index is 1220. The molecule has 1 aliphatic rings. The van der Waals surface area contributed by atoms with Gasteiger partial charge in [-0.2, -0.15) is 19.5 Å². The van der Waals surface area contributed by atoms with Crippen molar-refractivity contribution in [1.29, 1.82) is 0 Å². The molecule has 11 nitrogen and oxygen atoms in total. The highest BCUT2D eigenvalue weighted by Crippen LogP contribution is 2.18. The predicted octanol–water partition coefficient (Wildman–Crippen LogP) is 2.03. The number of fused-ring (bicyclic) bond motifs is 1. The van der Waals surface area contributed by atoms with Crippen molar-refractivity contribution in [2.75, 3.05) is 63.5 Å². The van der Waals surface area contributed by atoms with Crippen LogP contribution in [0.1, 0.15) is 12.5 Å². The van der Waals surface area contributed by atoms with E-state index in [1.807, 2.05) is 12.1 Å². The lowest BCUT2D eigenvalue weighted by Crippen LogP contribution is -2.47. The molecule has 0 atom stereocenters. The summed E-state index contributed by atoms with van der Waals surface area (Å²) in [6.45, 7) is 10.2. The van der Waals surface area contributed by atoms with E-state index in [0.29, 0.717) is 36.5 Å². The maximum atomic E-state index is 6.04. The Morgan fingerprint density at radius 3 is 2.57 bits per heavy atom. The van der Waals surface area contributed by atoms with Crippen molar-refractivity contribution in [3.63, 3.8) is 0 Å². The molecule has 4 heterocycles. The largest absolute Gasteiger partial charge is 0.492 e. The highest BCUT2D eigenvalue weighted by Gasteiger charge is 2.15. The van der Waals surface area contributed by atoms with E-state index in [0.717, 1.165) is 51.4 Å². The van der Waals surface area contributed by atoms with Gasteiger partial charge in [-0.15, -0.1) is 5.10 Å². The minimum absolute atomic E-state index is 0.205. The Morgan fingerprint density at radius 2 is 1.83 bits per heavy atom. The van der Waals surface area contributed by atoms with Gasteiger partial charge in [-0.05, 0) is 42.8 Å². The lowest BCUT2D eigenvalue weighted by atomic mass is 10.1. The van der Waals surface area contributed by atoms with E-state index < -0.39 is 0 Å². The number of ether oxygens (including phenoxy) is 1. The van der Waals surface area contributed by atoms with E-state index in [1.54, 1.807) is 18.4 Å². The van der Waals surface area contributed by atoms with Gasteiger partial charge in [0.05, 0.1) is 6.26 Å². The van der Waals surface area contributed by atoms with Crippen molar-refractivity contribution in [3.8, 4) is 17.3 Å². The van der Waals surface area contributed by atoms with Crippen LogP contribution in [0.5, 0.6) is 5.75 Å². The number of nitrogen functional groups attached to an aromatic ring is 1. The number of nitrogens with zero attached hydrogens (tertiary/aromatic N) is 7. The quantitative estimate of drug-likeness (QED) is 0.351. The van der Waals surface area contributed by atoms with Crippen LogP contribution in [0.15, 0.2) is 47.1 Å². The van der Waals surface area contributed by atoms with Gasteiger partial charge in [0.1, 0.15) is 12.4 Å². The molecule has 11 heteroatoms. The number of nitrogens with one attached hydrogen (secondary N) is 1. The van der Waals surface area contributed by atoms with Crippen molar-refractivity contribution in [2.24, 2.45) is 0 Å². The molecule has 0 aliphatic carbocycles. The van der Waals surface area contributed by atoms with Crippen molar-refractivity contribution < 1.29 is 9.15 Å². The topological polar surface area (TPSA) is 123 Å². The number of anilines is 2. The molecule has 1 fully saturated rings. The Balaban J connectivity index is 1.08. The van der Waals surface area contributed by atoms with Crippen molar-refractivity contribution in [3.05, 3.63) is 48.2 Å². The Hall–Kier alpha value is -3.70. The van der Waals surface area contributed by atoms with Crippen LogP contribution < -0.4 is 15.8 Å². The second-order valence-electron chi connectivity index (χ2n) is 8.48. The molecule has 1 aliphatic heterocycles. The summed E-state index contributed by atoms with van der Waals surface area (Å²) in [6.07, 6.45) is 2.37. The van der Waals surface area contributed by atoms with E-state index >= 15 is 0 Å². The van der Waals surface area contributed by atoms with Gasteiger partial charge in [0.25, 0.3) is 5.78 Å². The Labute approximate surface area is 203 Å². The summed E-state index contributed by atoms with van der Waals surface area (Å²) >= 11 is 0. The number of hydrogen-bond donors (Lipinski definition) is 2. The third-order valence-corrected chi connectivity index (χ3v) is 6.18. The van der Waals surface area contributed by atoms with Crippen LogP contribution in [0, 0.1) is 0 Å². The van der Waals surface area contributed by atoms with Gasteiger partial charge in [0.2, 0.25) is 17.7 Å². The molecule has 0 bridgehead atoms. The maximum Gasteiger partial charge on any atom is 0.259 e. The van der Waals surface area contributed by atoms with Crippen LogP contribution in [-0.4, -0.2) is 86.8 Å². The summed E-state index contributed by atoms with van der Waals surface area (Å²) in [4.78, 5) is 18.0. The molecule has 1 aromatic carbocycles. The molecule has 5 rings (SSSR count). The van der Waals surface area contributed by atoms with Crippen LogP contribution >= 0.6 is 0 Å². The molecule has 184 valence electrons. The monoisotopic (exact) mass is 477 g/mol. The van der Waals surface area contributed by atoms with Crippen LogP contribution in [0.2, 0.25) is 0 Å². The summed E-state index contributed by atoms with van der Waals surface area (Å²) in [5.41, 5.74) is 7.23. The first-order chi connectivity index (χ1) is 17.2. The number of likely N-dealkylation sites (N-methyl/N-ethyl adjacent to an activating group) is 1. The number of furan rings is 1. The molecule has 0 spiro atoms. The van der Waals surface area contributed by atoms with Crippen LogP contribution in [-0.2, 0) is 6.42 Å². The maximum absolute atomic E-state index is 6.04. The number of nitrogens with two attached hydrogens (primary N) is 1. The first-order valence-electron chi connectivity index (χ1n) is 12.0. The zero-order chi connectivity index (χ0) is 24.0. The fraction of sp³-hybridized carbons (Fsp3) is 0.417. The van der Waals surface area contributed by atoms with E-state index in [1.165, 1.54) is 10.1 Å². The zero-order valence-electron chi connectivity index (χ0n) is 19.9. The third kappa shape index (κ3) is 5.69. The number of hydrogen-bond acceptors (Lipinski definition) is 10. The minimum atomic E-state index is 0.205. The molecule has 3 aromatic heterocycles. The molecule has 35 heavy (non-hydrogen) atoms. The predicted molar refractivity (Wildman–Crippen MR) is 133 cm³/mol. The number of rotatable bonds is 10. The van der Waals surface area contributed by atoms with Gasteiger partial charge < -0.3 is 25.1 Å². The average Bonchev–Trinajstić information content (AvgIpc) is 3.56. The standard InChI is InChI=1S/C24H31N9O2/c1-2-31-11-13-32(14-12-31)15-17-34-19-7-5-18(6-8-19)9-10-26-23-28-22(25)33-24(29-23)27-21(30-33)20-4-3-16-35-20/h3-8,16H,2,9-15,17H2,1H3,(H3,25,26,27,28,29,30). The molecule has 3 N–H and O–H groups in total. The molecule has 0 radical (unpaired) electrons. The second kappa shape index (κ2) is 10.7. The lowest BCUT2D eigenvalue weighted by Gasteiger charge is -2.33. The fourth-order valence-electron chi connectivity index (χ4n) is 4.09. The number of benzene rings is 1. The van der Waals surface area contributed by atoms with Crippen molar-refractivity contribution in [2.45, 2.75) is 13.3 Å². The van der Waals surface area contributed by atoms with Crippen LogP contribution in [0.4, 0.5) is 11.9 Å². The molecule has 0 amide bonds. The SMILES string of the molecule is CCN1CCN(CCOc2ccc(CCNc3nc(N)n4nc(-c5ccco5)nc4n3)cc2)CC1. The minimum Gasteiger partial charge on any atom is -0.492 e. The summed E-state index contributed by atoms with van der Waals surface area (Å²) in [5, 5.41) is 7.52. The van der Waals surface area contributed by atoms with E-state index in [2.05, 4.69) is 54.2 Å². The van der Waals surface area contributed by atoms with Crippen molar-refractivity contribution >= 4 is 17.7 Å². The number of piperazine rings is 1. The van der Waals surface area contributed by atoms with Crippen molar-refractivity contribution in [1.82, 2.24) is 34.4 Å². The Morgan fingerprint density at radius 1 is 1.03 bits per heavy atom. The zero-order valence-corrected chi connectivity index (χ0v) is 19.9. The molecule has 4 aromatic rings. The molecule has 0 unspecified atom stereocenters. The summed E-state index contributed by atoms with van der Waals surface area (Å²) in [5.74, 6) is 2.83. The summed E-state index contributed by atoms with van der Waals surface area (Å²) < 4.78 is 12.7. The van der Waals surface area contributed by atoms with Gasteiger partial charge in [-0.25, -0.2) is 0 Å². The van der Waals surface area contributed by atoms with E-state index in [9.17, 15) is 0 Å². The average molecular weight is 478 g/mol. The molecule has 1 saturated heterocycles. The molecule has 0 saturated carbocycles. The molecular formula is C24H31N9O2. The van der Waals surface area contributed by atoms with Gasteiger partial charge >= 0.3 is 0 Å². The summed E-state index contributed by atoms with van der Waals surface area (Å²) in [6, 6.07) is 11.8. The van der Waals surface area contributed by atoms with E-state index in [4.69, 9.17) is 14.9 Å². The summed E-state index contributed by atoms with van der Waals surface area (Å²) in [7, 11) is 0.